The van der Waals surface area contributed by atoms with Crippen LogP contribution < -0.4 is 10.6 Å². The molecule has 200 valence electrons. The van der Waals surface area contributed by atoms with E-state index >= 15 is 0 Å². The van der Waals surface area contributed by atoms with Crippen molar-refractivity contribution in [2.24, 2.45) is 5.73 Å². The van der Waals surface area contributed by atoms with Crippen molar-refractivity contribution in [3.05, 3.63) is 78.2 Å². The van der Waals surface area contributed by atoms with Crippen LogP contribution >= 0.6 is 0 Å². The first-order chi connectivity index (χ1) is 19.0. The van der Waals surface area contributed by atoms with E-state index in [1.807, 2.05) is 43.6 Å². The molecule has 39 heavy (non-hydrogen) atoms. The minimum Gasteiger partial charge on any atom is -0.365 e. The van der Waals surface area contributed by atoms with E-state index in [0.29, 0.717) is 17.8 Å². The molecule has 10 nitrogen and oxygen atoms in total. The van der Waals surface area contributed by atoms with E-state index in [2.05, 4.69) is 55.8 Å². The van der Waals surface area contributed by atoms with Crippen LogP contribution in [-0.4, -0.2) is 86.7 Å². The molecule has 0 atom stereocenters. The molecule has 0 aliphatic carbocycles. The third kappa shape index (κ3) is 4.96. The Morgan fingerprint density at radius 2 is 1.82 bits per heavy atom. The molecule has 6 rings (SSSR count). The quantitative estimate of drug-likeness (QED) is 0.334. The molecule has 1 aliphatic heterocycles. The molecule has 1 saturated heterocycles. The standard InChI is InChI=1S/C29H33N9O/c1-34-11-13-36(14-12-34)15-16-37-20-24(22-9-6-10-31-28(22)37)25-17-26(35(2)19-21-7-4-3-5-8-21)38-29(33-25)23(18-32-38)27(30)39/h3-10,17-18,20H,11-16,19H2,1-2H3,(H2,30,39). The number of rotatable bonds is 8. The first-order valence-electron chi connectivity index (χ1n) is 13.3. The highest BCUT2D eigenvalue weighted by Gasteiger charge is 2.21. The van der Waals surface area contributed by atoms with Crippen LogP contribution in [0.5, 0.6) is 0 Å². The number of aromatic nitrogens is 5. The van der Waals surface area contributed by atoms with E-state index < -0.39 is 5.91 Å². The van der Waals surface area contributed by atoms with Crippen molar-refractivity contribution in [1.29, 1.82) is 0 Å². The molecule has 1 fully saturated rings. The SMILES string of the molecule is CN1CCN(CCn2cc(-c3cc(N(C)Cc4ccccc4)n4ncc(C(N)=O)c4n3)c3cccnc32)CC1. The Morgan fingerprint density at radius 1 is 1.03 bits per heavy atom. The summed E-state index contributed by atoms with van der Waals surface area (Å²) in [5, 5.41) is 5.49. The Hall–Kier alpha value is -4.28. The molecule has 10 heteroatoms. The van der Waals surface area contributed by atoms with Gasteiger partial charge in [0.1, 0.15) is 17.0 Å². The van der Waals surface area contributed by atoms with E-state index in [1.165, 1.54) is 11.8 Å². The number of anilines is 1. The first-order valence-corrected chi connectivity index (χ1v) is 13.3. The number of pyridine rings is 1. The van der Waals surface area contributed by atoms with Crippen molar-refractivity contribution in [3.63, 3.8) is 0 Å². The van der Waals surface area contributed by atoms with Gasteiger partial charge < -0.3 is 20.1 Å². The van der Waals surface area contributed by atoms with E-state index in [0.717, 1.165) is 67.4 Å². The fraction of sp³-hybridized carbons (Fsp3) is 0.310. The lowest BCUT2D eigenvalue weighted by molar-refractivity contribution is 0.100. The first kappa shape index (κ1) is 25.0. The van der Waals surface area contributed by atoms with E-state index in [-0.39, 0.29) is 0 Å². The van der Waals surface area contributed by atoms with Crippen LogP contribution in [0.25, 0.3) is 27.9 Å². The van der Waals surface area contributed by atoms with Crippen molar-refractivity contribution in [3.8, 4) is 11.3 Å². The van der Waals surface area contributed by atoms with Crippen molar-refractivity contribution < 1.29 is 4.79 Å². The number of likely N-dealkylation sites (N-methyl/N-ethyl adjacent to an activating group) is 1. The van der Waals surface area contributed by atoms with Gasteiger partial charge in [0.05, 0.1) is 11.9 Å². The highest BCUT2D eigenvalue weighted by atomic mass is 16.1. The smallest absolute Gasteiger partial charge is 0.254 e. The summed E-state index contributed by atoms with van der Waals surface area (Å²) < 4.78 is 3.91. The van der Waals surface area contributed by atoms with Gasteiger partial charge in [-0.2, -0.15) is 9.61 Å². The summed E-state index contributed by atoms with van der Waals surface area (Å²) in [5.41, 5.74) is 10.2. The predicted octanol–water partition coefficient (Wildman–Crippen LogP) is 2.73. The summed E-state index contributed by atoms with van der Waals surface area (Å²) in [7, 11) is 4.19. The van der Waals surface area contributed by atoms with Crippen molar-refractivity contribution in [2.75, 3.05) is 51.7 Å². The Morgan fingerprint density at radius 3 is 2.59 bits per heavy atom. The Balaban J connectivity index is 1.41. The number of hydrogen-bond acceptors (Lipinski definition) is 7. The number of nitrogens with two attached hydrogens (primary N) is 1. The van der Waals surface area contributed by atoms with Crippen molar-refractivity contribution in [1.82, 2.24) is 33.9 Å². The summed E-state index contributed by atoms with van der Waals surface area (Å²) in [6, 6.07) is 16.3. The number of hydrogen-bond donors (Lipinski definition) is 1. The monoisotopic (exact) mass is 523 g/mol. The normalized spacial score (nSPS) is 14.8. The third-order valence-corrected chi connectivity index (χ3v) is 7.53. The molecule has 2 N–H and O–H groups in total. The van der Waals surface area contributed by atoms with Gasteiger partial charge in [-0.25, -0.2) is 9.97 Å². The molecular formula is C29H33N9O. The predicted molar refractivity (Wildman–Crippen MR) is 153 cm³/mol. The number of benzene rings is 1. The van der Waals surface area contributed by atoms with Crippen LogP contribution in [0.1, 0.15) is 15.9 Å². The lowest BCUT2D eigenvalue weighted by Crippen LogP contribution is -2.45. The van der Waals surface area contributed by atoms with Crippen molar-refractivity contribution >= 4 is 28.4 Å². The number of fused-ring (bicyclic) bond motifs is 2. The highest BCUT2D eigenvalue weighted by Crippen LogP contribution is 2.32. The zero-order valence-corrected chi connectivity index (χ0v) is 22.4. The molecule has 1 amide bonds. The van der Waals surface area contributed by atoms with Crippen LogP contribution in [0.3, 0.4) is 0 Å². The largest absolute Gasteiger partial charge is 0.365 e. The number of piperazine rings is 1. The summed E-state index contributed by atoms with van der Waals surface area (Å²) >= 11 is 0. The maximum Gasteiger partial charge on any atom is 0.254 e. The third-order valence-electron chi connectivity index (χ3n) is 7.53. The van der Waals surface area contributed by atoms with Gasteiger partial charge in [0.25, 0.3) is 5.91 Å². The van der Waals surface area contributed by atoms with Gasteiger partial charge in [-0.3, -0.25) is 9.69 Å². The van der Waals surface area contributed by atoms with Crippen LogP contribution in [0.2, 0.25) is 0 Å². The summed E-state index contributed by atoms with van der Waals surface area (Å²) in [6.07, 6.45) is 5.46. The topological polar surface area (TPSA) is 101 Å². The van der Waals surface area contributed by atoms with Gasteiger partial charge in [-0.05, 0) is 24.7 Å². The van der Waals surface area contributed by atoms with Crippen LogP contribution in [0, 0.1) is 0 Å². The molecule has 0 bridgehead atoms. The molecule has 1 aliphatic rings. The maximum atomic E-state index is 12.3. The van der Waals surface area contributed by atoms with Crippen LogP contribution in [-0.2, 0) is 13.1 Å². The number of carbonyl (C=O) groups excluding carboxylic acids is 1. The van der Waals surface area contributed by atoms with Gasteiger partial charge in [0, 0.05) is 82.3 Å². The number of carbonyl (C=O) groups is 1. The number of nitrogens with zero attached hydrogens (tertiary/aromatic N) is 8. The molecule has 0 unspecified atom stereocenters. The van der Waals surface area contributed by atoms with Crippen LogP contribution in [0.4, 0.5) is 5.82 Å². The highest BCUT2D eigenvalue weighted by molar-refractivity contribution is 6.00. The zero-order chi connectivity index (χ0) is 26.9. The molecule has 1 aromatic carbocycles. The molecule has 0 spiro atoms. The second kappa shape index (κ2) is 10.5. The van der Waals surface area contributed by atoms with Gasteiger partial charge in [-0.1, -0.05) is 30.3 Å². The second-order valence-electron chi connectivity index (χ2n) is 10.3. The summed E-state index contributed by atoms with van der Waals surface area (Å²) in [5.74, 6) is 0.260. The van der Waals surface area contributed by atoms with Gasteiger partial charge in [-0.15, -0.1) is 0 Å². The minimum atomic E-state index is -0.553. The molecule has 0 saturated carbocycles. The summed E-state index contributed by atoms with van der Waals surface area (Å²) in [6.45, 7) is 6.78. The molecule has 4 aromatic heterocycles. The average molecular weight is 524 g/mol. The molecule has 0 radical (unpaired) electrons. The Bertz CT molecular complexity index is 1620. The number of primary amides is 1. The van der Waals surface area contributed by atoms with E-state index in [9.17, 15) is 4.79 Å². The van der Waals surface area contributed by atoms with Gasteiger partial charge in [0.2, 0.25) is 0 Å². The van der Waals surface area contributed by atoms with Crippen LogP contribution in [0.15, 0.2) is 67.1 Å². The Kier molecular flexibility index (Phi) is 6.72. The molecule has 5 heterocycles. The fourth-order valence-electron chi connectivity index (χ4n) is 5.29. The minimum absolute atomic E-state index is 0.295. The van der Waals surface area contributed by atoms with Gasteiger partial charge >= 0.3 is 0 Å². The summed E-state index contributed by atoms with van der Waals surface area (Å²) in [4.78, 5) is 28.9. The second-order valence-corrected chi connectivity index (χ2v) is 10.3. The van der Waals surface area contributed by atoms with E-state index in [4.69, 9.17) is 15.7 Å². The fourth-order valence-corrected chi connectivity index (χ4v) is 5.29. The molecule has 5 aromatic rings. The Labute approximate surface area is 227 Å². The van der Waals surface area contributed by atoms with E-state index in [1.54, 1.807) is 4.52 Å². The maximum absolute atomic E-state index is 12.3. The lowest BCUT2D eigenvalue weighted by Gasteiger charge is -2.32. The number of amides is 1. The van der Waals surface area contributed by atoms with Crippen molar-refractivity contribution in [2.45, 2.75) is 13.1 Å². The van der Waals surface area contributed by atoms with Gasteiger partial charge in [0.15, 0.2) is 5.65 Å². The lowest BCUT2D eigenvalue weighted by atomic mass is 10.1. The zero-order valence-electron chi connectivity index (χ0n) is 22.4. The molecular weight excluding hydrogens is 490 g/mol. The average Bonchev–Trinajstić information content (AvgIpc) is 3.55.